The van der Waals surface area contributed by atoms with Crippen LogP contribution in [-0.4, -0.2) is 5.52 Å². The zero-order valence-corrected chi connectivity index (χ0v) is 17.2. The van der Waals surface area contributed by atoms with Gasteiger partial charge < -0.3 is 0 Å². The van der Waals surface area contributed by atoms with Gasteiger partial charge in [0.1, 0.15) is 0 Å². The van der Waals surface area contributed by atoms with Crippen LogP contribution in [0.4, 0.5) is 0 Å². The molecule has 3 heteroatoms. The number of aryl methyl sites for hydroxylation is 2. The SMILES string of the molecule is Cc1cc(C)c(C(=O)Pc2ccc(-c3ccccc3)cc2)c(C)c1C.[Li+]. The molecule has 0 radical (unpaired) electrons. The summed E-state index contributed by atoms with van der Waals surface area (Å²) < 4.78 is 0. The van der Waals surface area contributed by atoms with E-state index in [-0.39, 0.29) is 33.0 Å². The van der Waals surface area contributed by atoms with E-state index in [1.54, 1.807) is 0 Å². The Morgan fingerprint density at radius 2 is 1.31 bits per heavy atom. The molecule has 0 spiro atoms. The fraction of sp³-hybridized carbons (Fsp3) is 0.174. The van der Waals surface area contributed by atoms with Gasteiger partial charge in [-0.05, 0) is 75.0 Å². The molecular formula is C23H23LiOP+. The predicted octanol–water partition coefficient (Wildman–Crippen LogP) is 2.74. The maximum Gasteiger partial charge on any atom is 1.00 e. The van der Waals surface area contributed by atoms with Gasteiger partial charge in [0.15, 0.2) is 5.52 Å². The van der Waals surface area contributed by atoms with E-state index in [9.17, 15) is 4.79 Å². The van der Waals surface area contributed by atoms with Crippen molar-refractivity contribution in [2.75, 3.05) is 0 Å². The summed E-state index contributed by atoms with van der Waals surface area (Å²) in [6.45, 7) is 8.30. The molecule has 0 saturated heterocycles. The molecular weight excluding hydrogens is 330 g/mol. The largest absolute Gasteiger partial charge is 1.00 e. The second-order valence-corrected chi connectivity index (χ2v) is 7.81. The van der Waals surface area contributed by atoms with Crippen LogP contribution in [-0.2, 0) is 0 Å². The van der Waals surface area contributed by atoms with Crippen molar-refractivity contribution in [2.24, 2.45) is 0 Å². The van der Waals surface area contributed by atoms with Crippen LogP contribution >= 0.6 is 8.58 Å². The minimum atomic E-state index is 0. The zero-order valence-electron chi connectivity index (χ0n) is 16.2. The van der Waals surface area contributed by atoms with E-state index in [0.717, 1.165) is 22.0 Å². The van der Waals surface area contributed by atoms with Gasteiger partial charge in [0.2, 0.25) is 0 Å². The standard InChI is InChI=1S/C23H23OP.Li/c1-15-14-16(2)22(18(4)17(15)3)23(24)25-21-12-10-20(11-13-21)19-8-6-5-7-9-19;/h5-14,25H,1-4H3;/q;+1. The minimum absolute atomic E-state index is 0. The van der Waals surface area contributed by atoms with Gasteiger partial charge in [-0.1, -0.05) is 60.7 Å². The second kappa shape index (κ2) is 8.83. The van der Waals surface area contributed by atoms with Crippen LogP contribution in [0.15, 0.2) is 60.7 Å². The molecule has 0 amide bonds. The van der Waals surface area contributed by atoms with E-state index in [2.05, 4.69) is 63.2 Å². The third kappa shape index (κ3) is 4.36. The molecule has 0 aliphatic rings. The second-order valence-electron chi connectivity index (χ2n) is 6.53. The first-order chi connectivity index (χ1) is 12.0. The fourth-order valence-corrected chi connectivity index (χ4v) is 4.31. The van der Waals surface area contributed by atoms with Gasteiger partial charge in [-0.3, -0.25) is 4.79 Å². The fourth-order valence-electron chi connectivity index (χ4n) is 3.20. The quantitative estimate of drug-likeness (QED) is 0.521. The normalized spacial score (nSPS) is 10.8. The van der Waals surface area contributed by atoms with Crippen molar-refractivity contribution in [3.8, 4) is 11.1 Å². The molecule has 26 heavy (non-hydrogen) atoms. The van der Waals surface area contributed by atoms with Crippen LogP contribution < -0.4 is 24.2 Å². The molecule has 3 aromatic rings. The van der Waals surface area contributed by atoms with Crippen molar-refractivity contribution in [1.29, 1.82) is 0 Å². The number of hydrogen-bond donors (Lipinski definition) is 0. The van der Waals surface area contributed by atoms with E-state index < -0.39 is 0 Å². The molecule has 0 saturated carbocycles. The molecule has 0 heterocycles. The summed E-state index contributed by atoms with van der Waals surface area (Å²) in [6, 6.07) is 20.8. The number of benzene rings is 3. The Hall–Kier alpha value is -1.64. The Morgan fingerprint density at radius 1 is 0.731 bits per heavy atom. The van der Waals surface area contributed by atoms with Gasteiger partial charge in [0, 0.05) is 5.56 Å². The summed E-state index contributed by atoms with van der Waals surface area (Å²) >= 11 is 0. The third-order valence-corrected chi connectivity index (χ3v) is 5.93. The van der Waals surface area contributed by atoms with E-state index in [4.69, 9.17) is 0 Å². The topological polar surface area (TPSA) is 17.1 Å². The Bertz CT molecular complexity index is 915. The Labute approximate surface area is 170 Å². The van der Waals surface area contributed by atoms with E-state index in [1.165, 1.54) is 22.3 Å². The van der Waals surface area contributed by atoms with Crippen molar-refractivity contribution in [2.45, 2.75) is 27.7 Å². The molecule has 1 unspecified atom stereocenters. The smallest absolute Gasteiger partial charge is 0.289 e. The molecule has 0 aliphatic carbocycles. The average Bonchev–Trinajstić information content (AvgIpc) is 2.61. The predicted molar refractivity (Wildman–Crippen MR) is 110 cm³/mol. The van der Waals surface area contributed by atoms with E-state index in [0.29, 0.717) is 0 Å². The molecule has 0 bridgehead atoms. The first-order valence-corrected chi connectivity index (χ1v) is 9.51. The summed E-state index contributed by atoms with van der Waals surface area (Å²) in [5.74, 6) is 0. The molecule has 0 fully saturated rings. The van der Waals surface area contributed by atoms with Gasteiger partial charge in [0.05, 0.1) is 0 Å². The summed E-state index contributed by atoms with van der Waals surface area (Å²) in [4.78, 5) is 12.9. The monoisotopic (exact) mass is 353 g/mol. The first kappa shape index (κ1) is 20.7. The Morgan fingerprint density at radius 3 is 1.92 bits per heavy atom. The Kier molecular flexibility index (Phi) is 7.02. The van der Waals surface area contributed by atoms with Crippen molar-refractivity contribution in [1.82, 2.24) is 0 Å². The van der Waals surface area contributed by atoms with Crippen LogP contribution in [0.25, 0.3) is 11.1 Å². The van der Waals surface area contributed by atoms with Crippen LogP contribution in [0, 0.1) is 27.7 Å². The maximum absolute atomic E-state index is 12.9. The summed E-state index contributed by atoms with van der Waals surface area (Å²) in [5.41, 5.74) is 8.18. The molecule has 126 valence electrons. The molecule has 3 rings (SSSR count). The van der Waals surface area contributed by atoms with Gasteiger partial charge in [-0.2, -0.15) is 0 Å². The maximum atomic E-state index is 12.9. The average molecular weight is 353 g/mol. The molecule has 3 aromatic carbocycles. The zero-order chi connectivity index (χ0) is 18.0. The van der Waals surface area contributed by atoms with Gasteiger partial charge in [-0.25, -0.2) is 0 Å². The van der Waals surface area contributed by atoms with E-state index in [1.807, 2.05) is 25.1 Å². The van der Waals surface area contributed by atoms with Crippen LogP contribution in [0.1, 0.15) is 32.6 Å². The molecule has 0 N–H and O–H groups in total. The van der Waals surface area contributed by atoms with Gasteiger partial charge in [0.25, 0.3) is 0 Å². The number of hydrogen-bond acceptors (Lipinski definition) is 1. The molecule has 1 atom stereocenters. The van der Waals surface area contributed by atoms with Crippen molar-refractivity contribution >= 4 is 19.4 Å². The number of carbonyl (C=O) groups excluding carboxylic acids is 1. The van der Waals surface area contributed by atoms with Crippen molar-refractivity contribution in [3.05, 3.63) is 88.5 Å². The van der Waals surface area contributed by atoms with Crippen molar-refractivity contribution in [3.63, 3.8) is 0 Å². The molecule has 0 aromatic heterocycles. The van der Waals surface area contributed by atoms with Gasteiger partial charge in [-0.15, -0.1) is 0 Å². The summed E-state index contributed by atoms with van der Waals surface area (Å²) in [5, 5.41) is 1.08. The van der Waals surface area contributed by atoms with Crippen molar-refractivity contribution < 1.29 is 23.7 Å². The van der Waals surface area contributed by atoms with Crippen LogP contribution in [0.5, 0.6) is 0 Å². The first-order valence-electron chi connectivity index (χ1n) is 8.51. The summed E-state index contributed by atoms with van der Waals surface area (Å²) in [6.07, 6.45) is 0. The summed E-state index contributed by atoms with van der Waals surface area (Å²) in [7, 11) is 0.157. The molecule has 1 nitrogen and oxygen atoms in total. The minimum Gasteiger partial charge on any atom is -0.289 e. The van der Waals surface area contributed by atoms with Gasteiger partial charge >= 0.3 is 18.9 Å². The van der Waals surface area contributed by atoms with Crippen LogP contribution in [0.2, 0.25) is 0 Å². The van der Waals surface area contributed by atoms with Crippen LogP contribution in [0.3, 0.4) is 0 Å². The Balaban J connectivity index is 0.00000243. The number of carbonyl (C=O) groups is 1. The third-order valence-electron chi connectivity index (χ3n) is 4.83. The molecule has 0 aliphatic heterocycles. The van der Waals surface area contributed by atoms with E-state index >= 15 is 0 Å². The number of rotatable bonds is 4.